The van der Waals surface area contributed by atoms with Crippen LogP contribution in [0.4, 0.5) is 0 Å². The number of rotatable bonds is 16. The van der Waals surface area contributed by atoms with Crippen LogP contribution in [-0.2, 0) is 32.1 Å². The second kappa shape index (κ2) is 16.4. The zero-order valence-corrected chi connectivity index (χ0v) is 23.3. The van der Waals surface area contributed by atoms with Crippen molar-refractivity contribution in [2.45, 2.75) is 51.1 Å². The molecule has 0 aliphatic carbocycles. The van der Waals surface area contributed by atoms with Gasteiger partial charge in [-0.25, -0.2) is 0 Å². The molecule has 0 radical (unpaired) electrons. The summed E-state index contributed by atoms with van der Waals surface area (Å²) in [5.74, 6) is -1.50. The van der Waals surface area contributed by atoms with Crippen molar-refractivity contribution in [3.8, 4) is 0 Å². The fraction of sp³-hybridized carbons (Fsp3) is 0.424. The number of nitrogens with zero attached hydrogens (tertiary/aromatic N) is 2. The molecule has 1 heterocycles. The van der Waals surface area contributed by atoms with Crippen LogP contribution in [0.25, 0.3) is 0 Å². The third-order valence-corrected chi connectivity index (χ3v) is 7.35. The van der Waals surface area contributed by atoms with Gasteiger partial charge in [-0.2, -0.15) is 0 Å². The van der Waals surface area contributed by atoms with Gasteiger partial charge >= 0.3 is 5.97 Å². The van der Waals surface area contributed by atoms with Crippen LogP contribution in [0.5, 0.6) is 0 Å². The molecule has 1 aliphatic rings. The largest absolute Gasteiger partial charge is 0.463 e. The van der Waals surface area contributed by atoms with Crippen molar-refractivity contribution in [1.29, 1.82) is 0 Å². The van der Waals surface area contributed by atoms with E-state index in [4.69, 9.17) is 4.74 Å². The van der Waals surface area contributed by atoms with Gasteiger partial charge in [0.05, 0.1) is 24.5 Å². The summed E-state index contributed by atoms with van der Waals surface area (Å²) in [7, 11) is 0. The Kier molecular flexibility index (Phi) is 12.6. The maximum absolute atomic E-state index is 13.6. The second-order valence-corrected chi connectivity index (χ2v) is 10.3. The van der Waals surface area contributed by atoms with Crippen LogP contribution >= 0.6 is 0 Å². The van der Waals surface area contributed by atoms with Crippen molar-refractivity contribution in [2.24, 2.45) is 11.8 Å². The molecule has 1 fully saturated rings. The van der Waals surface area contributed by atoms with E-state index in [9.17, 15) is 19.5 Å². The molecule has 1 aliphatic heterocycles. The van der Waals surface area contributed by atoms with E-state index in [2.05, 4.69) is 13.2 Å². The number of hydrogen-bond acceptors (Lipinski definition) is 5. The van der Waals surface area contributed by atoms with Gasteiger partial charge in [0, 0.05) is 26.1 Å². The Labute approximate surface area is 238 Å². The molecule has 3 rings (SSSR count). The zero-order chi connectivity index (χ0) is 28.7. The van der Waals surface area contributed by atoms with E-state index in [1.807, 2.05) is 60.7 Å². The highest BCUT2D eigenvalue weighted by atomic mass is 16.5. The van der Waals surface area contributed by atoms with Gasteiger partial charge in [0.2, 0.25) is 11.8 Å². The topological polar surface area (TPSA) is 87.2 Å². The lowest BCUT2D eigenvalue weighted by molar-refractivity contribution is -0.152. The van der Waals surface area contributed by atoms with Crippen molar-refractivity contribution in [3.05, 3.63) is 97.1 Å². The number of carbonyl (C=O) groups is 3. The standard InChI is InChI=1S/C33H42N2O5/c1-3-12-28(23-31(37)34(20-21-36)24-27-16-9-6-10-17-27)32(38)35-19-11-18-30(35)25-40-33(39)29(13-4-2)22-26-14-7-5-8-15-26/h3-10,14-17,28-30,36H,1-2,11-13,18-25H2. The third kappa shape index (κ3) is 9.19. The van der Waals surface area contributed by atoms with Gasteiger partial charge in [-0.1, -0.05) is 72.8 Å². The average molecular weight is 547 g/mol. The number of esters is 1. The van der Waals surface area contributed by atoms with Crippen molar-refractivity contribution < 1.29 is 24.2 Å². The monoisotopic (exact) mass is 546 g/mol. The number of likely N-dealkylation sites (tertiary alicyclic amines) is 1. The molecule has 7 heteroatoms. The first-order valence-corrected chi connectivity index (χ1v) is 14.1. The van der Waals surface area contributed by atoms with E-state index in [1.165, 1.54) is 0 Å². The third-order valence-electron chi connectivity index (χ3n) is 7.35. The summed E-state index contributed by atoms with van der Waals surface area (Å²) in [6.07, 6.45) is 6.42. The number of ether oxygens (including phenoxy) is 1. The summed E-state index contributed by atoms with van der Waals surface area (Å²) in [4.78, 5) is 43.2. The molecule has 0 bridgehead atoms. The summed E-state index contributed by atoms with van der Waals surface area (Å²) in [5, 5.41) is 9.54. The van der Waals surface area contributed by atoms with Crippen LogP contribution < -0.4 is 0 Å². The van der Waals surface area contributed by atoms with E-state index in [0.29, 0.717) is 32.4 Å². The van der Waals surface area contributed by atoms with Crippen LogP contribution in [0.1, 0.15) is 43.2 Å². The highest BCUT2D eigenvalue weighted by Gasteiger charge is 2.35. The van der Waals surface area contributed by atoms with Gasteiger partial charge < -0.3 is 19.6 Å². The molecular formula is C33H42N2O5. The van der Waals surface area contributed by atoms with Gasteiger partial charge in [-0.3, -0.25) is 14.4 Å². The zero-order valence-electron chi connectivity index (χ0n) is 23.3. The second-order valence-electron chi connectivity index (χ2n) is 10.3. The minimum atomic E-state index is -0.565. The fourth-order valence-electron chi connectivity index (χ4n) is 5.22. The molecule has 0 aromatic heterocycles. The fourth-order valence-corrected chi connectivity index (χ4v) is 5.22. The van der Waals surface area contributed by atoms with Gasteiger partial charge in [-0.15, -0.1) is 13.2 Å². The lowest BCUT2D eigenvalue weighted by Gasteiger charge is -2.30. The number of aliphatic hydroxyl groups excluding tert-OH is 1. The Bertz CT molecular complexity index is 1100. The Morgan fingerprint density at radius 3 is 2.23 bits per heavy atom. The maximum atomic E-state index is 13.6. The summed E-state index contributed by atoms with van der Waals surface area (Å²) in [6.45, 7) is 8.69. The normalized spacial score (nSPS) is 16.1. The van der Waals surface area contributed by atoms with Crippen molar-refractivity contribution >= 4 is 17.8 Å². The highest BCUT2D eigenvalue weighted by molar-refractivity contribution is 5.86. The summed E-state index contributed by atoms with van der Waals surface area (Å²) in [6, 6.07) is 19.2. The first-order valence-electron chi connectivity index (χ1n) is 14.1. The number of benzene rings is 2. The van der Waals surface area contributed by atoms with E-state index >= 15 is 0 Å². The lowest BCUT2D eigenvalue weighted by Crippen LogP contribution is -2.44. The molecule has 2 aromatic carbocycles. The molecule has 214 valence electrons. The summed E-state index contributed by atoms with van der Waals surface area (Å²) >= 11 is 0. The van der Waals surface area contributed by atoms with E-state index in [0.717, 1.165) is 24.0 Å². The molecule has 3 atom stereocenters. The number of hydrogen-bond donors (Lipinski definition) is 1. The van der Waals surface area contributed by atoms with Crippen molar-refractivity contribution in [2.75, 3.05) is 26.3 Å². The summed E-state index contributed by atoms with van der Waals surface area (Å²) < 4.78 is 5.75. The first kappa shape index (κ1) is 30.8. The lowest BCUT2D eigenvalue weighted by atomic mass is 9.96. The molecule has 2 aromatic rings. The predicted molar refractivity (Wildman–Crippen MR) is 156 cm³/mol. The minimum absolute atomic E-state index is 0.0270. The molecule has 2 amide bonds. The first-order chi connectivity index (χ1) is 19.5. The van der Waals surface area contributed by atoms with Gasteiger partial charge in [-0.05, 0) is 43.2 Å². The quantitative estimate of drug-likeness (QED) is 0.246. The molecule has 1 saturated heterocycles. The molecule has 7 nitrogen and oxygen atoms in total. The van der Waals surface area contributed by atoms with E-state index in [1.54, 1.807) is 22.0 Å². The van der Waals surface area contributed by atoms with Crippen LogP contribution in [0.2, 0.25) is 0 Å². The Morgan fingerprint density at radius 1 is 0.975 bits per heavy atom. The summed E-state index contributed by atoms with van der Waals surface area (Å²) in [5.41, 5.74) is 2.02. The molecule has 40 heavy (non-hydrogen) atoms. The van der Waals surface area contributed by atoms with Crippen LogP contribution in [0.15, 0.2) is 86.0 Å². The van der Waals surface area contributed by atoms with Gasteiger partial charge in [0.15, 0.2) is 0 Å². The highest BCUT2D eigenvalue weighted by Crippen LogP contribution is 2.25. The molecule has 0 spiro atoms. The number of allylic oxidation sites excluding steroid dienone is 2. The van der Waals surface area contributed by atoms with E-state index in [-0.39, 0.29) is 55.9 Å². The van der Waals surface area contributed by atoms with Crippen molar-refractivity contribution in [1.82, 2.24) is 9.80 Å². The van der Waals surface area contributed by atoms with Crippen LogP contribution in [0.3, 0.4) is 0 Å². The van der Waals surface area contributed by atoms with Crippen LogP contribution in [0, 0.1) is 11.8 Å². The average Bonchev–Trinajstić information content (AvgIpc) is 3.44. The predicted octanol–water partition coefficient (Wildman–Crippen LogP) is 4.56. The SMILES string of the molecule is C=CCC(Cc1ccccc1)C(=O)OCC1CCCN1C(=O)C(CC=C)CC(=O)N(CCO)Cc1ccccc1. The number of carbonyl (C=O) groups excluding carboxylic acids is 3. The Hall–Kier alpha value is -3.71. The molecular weight excluding hydrogens is 504 g/mol. The van der Waals surface area contributed by atoms with E-state index < -0.39 is 5.92 Å². The van der Waals surface area contributed by atoms with Crippen LogP contribution in [-0.4, -0.2) is 65.0 Å². The molecule has 0 saturated carbocycles. The van der Waals surface area contributed by atoms with Gasteiger partial charge in [0.1, 0.15) is 6.61 Å². The molecule has 3 unspecified atom stereocenters. The smallest absolute Gasteiger partial charge is 0.309 e. The minimum Gasteiger partial charge on any atom is -0.463 e. The van der Waals surface area contributed by atoms with Gasteiger partial charge in [0.25, 0.3) is 0 Å². The molecule has 1 N–H and O–H groups in total. The van der Waals surface area contributed by atoms with Crippen molar-refractivity contribution in [3.63, 3.8) is 0 Å². The number of amides is 2. The Balaban J connectivity index is 1.61. The number of aliphatic hydroxyl groups is 1. The maximum Gasteiger partial charge on any atom is 0.309 e. The Morgan fingerprint density at radius 2 is 1.60 bits per heavy atom.